The molecule has 0 bridgehead atoms. The van der Waals surface area contributed by atoms with E-state index in [2.05, 4.69) is 10.2 Å². The van der Waals surface area contributed by atoms with Crippen LogP contribution in [-0.2, 0) is 11.3 Å². The molecule has 10 heteroatoms. The molecule has 1 heterocycles. The Hall–Kier alpha value is -1.45. The Morgan fingerprint density at radius 2 is 2.17 bits per heavy atom. The van der Waals surface area contributed by atoms with Gasteiger partial charge in [0, 0.05) is 12.6 Å². The van der Waals surface area contributed by atoms with Crippen molar-refractivity contribution < 1.29 is 18.0 Å². The molecule has 0 radical (unpaired) electrons. The van der Waals surface area contributed by atoms with Crippen LogP contribution in [0.25, 0.3) is 0 Å². The average Bonchev–Trinajstić information content (AvgIpc) is 3.28. The average molecular weight is 366 g/mol. The highest BCUT2D eigenvalue weighted by Crippen LogP contribution is 2.36. The fourth-order valence-electron chi connectivity index (χ4n) is 2.53. The van der Waals surface area contributed by atoms with Crippen LogP contribution in [0, 0.1) is 5.92 Å². The van der Waals surface area contributed by atoms with Crippen LogP contribution in [0.3, 0.4) is 0 Å². The van der Waals surface area contributed by atoms with Gasteiger partial charge in [-0.1, -0.05) is 18.7 Å². The molecule has 1 fully saturated rings. The number of halogens is 3. The number of carbonyl (C=O) groups excluding carboxylic acids is 1. The van der Waals surface area contributed by atoms with E-state index < -0.39 is 24.7 Å². The molecule has 1 unspecified atom stereocenters. The summed E-state index contributed by atoms with van der Waals surface area (Å²) in [7, 11) is 0. The van der Waals surface area contributed by atoms with E-state index >= 15 is 0 Å². The number of nitrogens with zero attached hydrogens (tertiary/aromatic N) is 3. The largest absolute Gasteiger partial charge is 0.406 e. The number of thioether (sulfide) groups is 1. The van der Waals surface area contributed by atoms with Crippen molar-refractivity contribution in [1.29, 1.82) is 0 Å². The van der Waals surface area contributed by atoms with Gasteiger partial charge in [-0.3, -0.25) is 9.36 Å². The summed E-state index contributed by atoms with van der Waals surface area (Å²) in [6.45, 7) is 2.75. The number of carbonyl (C=O) groups is 1. The van der Waals surface area contributed by atoms with Crippen LogP contribution in [0.15, 0.2) is 9.95 Å². The molecule has 0 spiro atoms. The maximum Gasteiger partial charge on any atom is 0.406 e. The molecule has 0 saturated heterocycles. The fourth-order valence-corrected chi connectivity index (χ4v) is 3.39. The fraction of sp³-hybridized carbons (Fsp3) is 0.786. The van der Waals surface area contributed by atoms with Gasteiger partial charge in [0.1, 0.15) is 6.54 Å². The van der Waals surface area contributed by atoms with Gasteiger partial charge in [-0.05, 0) is 32.1 Å². The van der Waals surface area contributed by atoms with E-state index in [1.54, 1.807) is 6.92 Å². The van der Waals surface area contributed by atoms with E-state index in [4.69, 9.17) is 0 Å². The van der Waals surface area contributed by atoms with Gasteiger partial charge in [0.05, 0.1) is 5.75 Å². The maximum atomic E-state index is 12.8. The molecule has 0 aromatic carbocycles. The molecular formula is C14H21F3N4O2S. The van der Waals surface area contributed by atoms with Gasteiger partial charge in [0.2, 0.25) is 5.91 Å². The number of hydrogen-bond donors (Lipinski definition) is 1. The number of amides is 1. The Kier molecular flexibility index (Phi) is 6.00. The number of rotatable bonds is 8. The zero-order chi connectivity index (χ0) is 17.9. The summed E-state index contributed by atoms with van der Waals surface area (Å²) < 4.78 is 39.7. The summed E-state index contributed by atoms with van der Waals surface area (Å²) in [5.74, 6) is -0.624. The predicted molar refractivity (Wildman–Crippen MR) is 83.8 cm³/mol. The Morgan fingerprint density at radius 1 is 1.50 bits per heavy atom. The third-order valence-electron chi connectivity index (χ3n) is 3.96. The minimum atomic E-state index is -4.43. The SMILES string of the molecule is CCCn1c(SCC(=O)N(CC(F)(F)F)C(C)C2CC2)n[nH]c1=O. The number of nitrogens with one attached hydrogen (secondary N) is 1. The lowest BCUT2D eigenvalue weighted by atomic mass is 10.2. The van der Waals surface area contributed by atoms with Crippen LogP contribution in [0.4, 0.5) is 13.2 Å². The number of hydrogen-bond acceptors (Lipinski definition) is 4. The molecule has 6 nitrogen and oxygen atoms in total. The minimum Gasteiger partial charge on any atom is -0.330 e. The van der Waals surface area contributed by atoms with Crippen LogP contribution in [0.1, 0.15) is 33.1 Å². The van der Waals surface area contributed by atoms with Crippen LogP contribution in [0.5, 0.6) is 0 Å². The molecule has 1 N–H and O–H groups in total. The second-order valence-corrected chi connectivity index (χ2v) is 6.91. The molecule has 136 valence electrons. The molecule has 1 amide bonds. The van der Waals surface area contributed by atoms with E-state index in [1.165, 1.54) is 4.57 Å². The van der Waals surface area contributed by atoms with Crippen LogP contribution in [-0.4, -0.2) is 50.1 Å². The van der Waals surface area contributed by atoms with Gasteiger partial charge in [0.15, 0.2) is 5.16 Å². The molecule has 1 atom stereocenters. The molecule has 0 aliphatic heterocycles. The number of aromatic nitrogens is 3. The van der Waals surface area contributed by atoms with Crippen LogP contribution < -0.4 is 5.69 Å². The van der Waals surface area contributed by atoms with Crippen molar-refractivity contribution in [3.8, 4) is 0 Å². The lowest BCUT2D eigenvalue weighted by Crippen LogP contribution is -2.46. The van der Waals surface area contributed by atoms with E-state index in [0.29, 0.717) is 18.1 Å². The Bertz CT molecular complexity index is 624. The first-order chi connectivity index (χ1) is 11.2. The van der Waals surface area contributed by atoms with Crippen molar-refractivity contribution >= 4 is 17.7 Å². The third-order valence-corrected chi connectivity index (χ3v) is 4.92. The predicted octanol–water partition coefficient (Wildman–Crippen LogP) is 2.26. The van der Waals surface area contributed by atoms with Gasteiger partial charge in [0.25, 0.3) is 0 Å². The Balaban J connectivity index is 2.03. The second-order valence-electron chi connectivity index (χ2n) is 5.97. The van der Waals surface area contributed by atoms with Crippen molar-refractivity contribution in [3.05, 3.63) is 10.5 Å². The highest BCUT2D eigenvalue weighted by atomic mass is 32.2. The summed E-state index contributed by atoms with van der Waals surface area (Å²) in [5.41, 5.74) is -0.384. The first-order valence-electron chi connectivity index (χ1n) is 7.87. The zero-order valence-electron chi connectivity index (χ0n) is 13.6. The molecule has 24 heavy (non-hydrogen) atoms. The highest BCUT2D eigenvalue weighted by Gasteiger charge is 2.40. The smallest absolute Gasteiger partial charge is 0.330 e. The van der Waals surface area contributed by atoms with Crippen molar-refractivity contribution in [2.45, 2.75) is 57.0 Å². The summed E-state index contributed by atoms with van der Waals surface area (Å²) in [4.78, 5) is 24.8. The van der Waals surface area contributed by atoms with Gasteiger partial charge in [-0.2, -0.15) is 13.2 Å². The van der Waals surface area contributed by atoms with Gasteiger partial charge in [-0.25, -0.2) is 9.89 Å². The standard InChI is InChI=1S/C14H21F3N4O2S/c1-3-6-20-12(23)18-19-13(20)24-7-11(22)21(8-14(15,16)17)9(2)10-4-5-10/h9-10H,3-8H2,1-2H3,(H,18,23). The maximum absolute atomic E-state index is 12.8. The van der Waals surface area contributed by atoms with Crippen LogP contribution in [0.2, 0.25) is 0 Å². The molecule has 1 aliphatic carbocycles. The number of alkyl halides is 3. The van der Waals surface area contributed by atoms with E-state index in [0.717, 1.165) is 29.5 Å². The summed E-state index contributed by atoms with van der Waals surface area (Å²) in [6.07, 6.45) is -2.02. The minimum absolute atomic E-state index is 0.143. The van der Waals surface area contributed by atoms with Crippen molar-refractivity contribution in [2.24, 2.45) is 5.92 Å². The van der Waals surface area contributed by atoms with Crippen molar-refractivity contribution in [1.82, 2.24) is 19.7 Å². The van der Waals surface area contributed by atoms with Gasteiger partial charge >= 0.3 is 11.9 Å². The lowest BCUT2D eigenvalue weighted by Gasteiger charge is -2.30. The second kappa shape index (κ2) is 7.62. The molecule has 1 aromatic rings. The summed E-state index contributed by atoms with van der Waals surface area (Å²) in [5, 5.41) is 6.44. The monoisotopic (exact) mass is 366 g/mol. The summed E-state index contributed by atoms with van der Waals surface area (Å²) in [6, 6.07) is -0.434. The summed E-state index contributed by atoms with van der Waals surface area (Å²) >= 11 is 0.982. The highest BCUT2D eigenvalue weighted by molar-refractivity contribution is 7.99. The lowest BCUT2D eigenvalue weighted by molar-refractivity contribution is -0.164. The van der Waals surface area contributed by atoms with Crippen molar-refractivity contribution in [3.63, 3.8) is 0 Å². The molecule has 1 aliphatic rings. The number of H-pyrrole nitrogens is 1. The molecule has 2 rings (SSSR count). The quantitative estimate of drug-likeness (QED) is 0.717. The number of aromatic amines is 1. The first-order valence-corrected chi connectivity index (χ1v) is 8.85. The van der Waals surface area contributed by atoms with E-state index in [9.17, 15) is 22.8 Å². The van der Waals surface area contributed by atoms with Gasteiger partial charge in [-0.15, -0.1) is 5.10 Å². The van der Waals surface area contributed by atoms with E-state index in [1.807, 2.05) is 6.92 Å². The third kappa shape index (κ3) is 5.02. The first kappa shape index (κ1) is 18.9. The van der Waals surface area contributed by atoms with Gasteiger partial charge < -0.3 is 4.90 Å². The Labute approximate surface area is 141 Å². The van der Waals surface area contributed by atoms with Crippen LogP contribution >= 0.6 is 11.8 Å². The van der Waals surface area contributed by atoms with E-state index in [-0.39, 0.29) is 17.4 Å². The molecule has 1 saturated carbocycles. The molecule has 1 aromatic heterocycles. The zero-order valence-corrected chi connectivity index (χ0v) is 14.4. The molecular weight excluding hydrogens is 345 g/mol. The normalized spacial score (nSPS) is 16.2. The topological polar surface area (TPSA) is 71.0 Å². The van der Waals surface area contributed by atoms with Crippen molar-refractivity contribution in [2.75, 3.05) is 12.3 Å². The Morgan fingerprint density at radius 3 is 2.71 bits per heavy atom.